The SMILES string of the molecule is NC(=S)c1cc(NCc2ccccc2Cl)ccn1. The number of nitrogens with zero attached hydrogens (tertiary/aromatic N) is 1. The summed E-state index contributed by atoms with van der Waals surface area (Å²) in [6, 6.07) is 11.4. The maximum absolute atomic E-state index is 6.08. The number of rotatable bonds is 4. The highest BCUT2D eigenvalue weighted by atomic mass is 35.5. The van der Waals surface area contributed by atoms with Gasteiger partial charge in [0.05, 0.1) is 5.69 Å². The maximum Gasteiger partial charge on any atom is 0.122 e. The fraction of sp³-hybridized carbons (Fsp3) is 0.0769. The largest absolute Gasteiger partial charge is 0.388 e. The lowest BCUT2D eigenvalue weighted by Gasteiger charge is -2.08. The summed E-state index contributed by atoms with van der Waals surface area (Å²) in [5.41, 5.74) is 8.08. The van der Waals surface area contributed by atoms with Gasteiger partial charge in [-0.15, -0.1) is 0 Å². The molecule has 0 fully saturated rings. The third-order valence-electron chi connectivity index (χ3n) is 2.45. The Labute approximate surface area is 116 Å². The van der Waals surface area contributed by atoms with E-state index in [4.69, 9.17) is 29.6 Å². The minimum absolute atomic E-state index is 0.288. The topological polar surface area (TPSA) is 50.9 Å². The summed E-state index contributed by atoms with van der Waals surface area (Å²) in [5.74, 6) is 0. The lowest BCUT2D eigenvalue weighted by molar-refractivity contribution is 1.14. The third kappa shape index (κ3) is 3.18. The van der Waals surface area contributed by atoms with Gasteiger partial charge in [-0.2, -0.15) is 0 Å². The number of nitrogens with one attached hydrogen (secondary N) is 1. The molecule has 1 aromatic carbocycles. The van der Waals surface area contributed by atoms with Gasteiger partial charge < -0.3 is 11.1 Å². The number of hydrogen-bond acceptors (Lipinski definition) is 3. The zero-order valence-corrected chi connectivity index (χ0v) is 11.1. The summed E-state index contributed by atoms with van der Waals surface area (Å²) < 4.78 is 0. The highest BCUT2D eigenvalue weighted by Gasteiger charge is 2.01. The third-order valence-corrected chi connectivity index (χ3v) is 3.03. The molecule has 0 bridgehead atoms. The van der Waals surface area contributed by atoms with Crippen molar-refractivity contribution in [3.05, 3.63) is 58.9 Å². The van der Waals surface area contributed by atoms with Gasteiger partial charge in [-0.05, 0) is 23.8 Å². The van der Waals surface area contributed by atoms with Crippen LogP contribution in [-0.2, 0) is 6.54 Å². The van der Waals surface area contributed by atoms with E-state index in [-0.39, 0.29) is 4.99 Å². The lowest BCUT2D eigenvalue weighted by atomic mass is 10.2. The van der Waals surface area contributed by atoms with E-state index < -0.39 is 0 Å². The van der Waals surface area contributed by atoms with Crippen LogP contribution >= 0.6 is 23.8 Å². The van der Waals surface area contributed by atoms with Crippen molar-refractivity contribution in [3.8, 4) is 0 Å². The van der Waals surface area contributed by atoms with Gasteiger partial charge in [0, 0.05) is 23.5 Å². The number of anilines is 1. The van der Waals surface area contributed by atoms with Gasteiger partial charge in [-0.25, -0.2) is 0 Å². The van der Waals surface area contributed by atoms with Crippen molar-refractivity contribution in [1.82, 2.24) is 4.98 Å². The molecule has 0 saturated heterocycles. The van der Waals surface area contributed by atoms with Gasteiger partial charge in [0.25, 0.3) is 0 Å². The Morgan fingerprint density at radius 2 is 2.11 bits per heavy atom. The second-order valence-corrected chi connectivity index (χ2v) is 4.59. The first-order valence-corrected chi connectivity index (χ1v) is 6.18. The second-order valence-electron chi connectivity index (χ2n) is 3.74. The normalized spacial score (nSPS) is 10.1. The molecule has 0 spiro atoms. The van der Waals surface area contributed by atoms with Gasteiger partial charge in [0.15, 0.2) is 0 Å². The molecular weight excluding hydrogens is 266 g/mol. The van der Waals surface area contributed by atoms with Crippen LogP contribution in [0.4, 0.5) is 5.69 Å². The van der Waals surface area contributed by atoms with Crippen molar-refractivity contribution in [2.45, 2.75) is 6.54 Å². The molecule has 0 aliphatic heterocycles. The monoisotopic (exact) mass is 277 g/mol. The molecule has 0 unspecified atom stereocenters. The van der Waals surface area contributed by atoms with Crippen molar-refractivity contribution in [3.63, 3.8) is 0 Å². The van der Waals surface area contributed by atoms with Crippen molar-refractivity contribution in [2.24, 2.45) is 5.73 Å². The van der Waals surface area contributed by atoms with E-state index in [9.17, 15) is 0 Å². The van der Waals surface area contributed by atoms with Gasteiger partial charge in [-0.3, -0.25) is 4.98 Å². The molecule has 3 nitrogen and oxygen atoms in total. The lowest BCUT2D eigenvalue weighted by Crippen LogP contribution is -2.12. The summed E-state index contributed by atoms with van der Waals surface area (Å²) in [6.45, 7) is 0.639. The number of nitrogens with two attached hydrogens (primary N) is 1. The highest BCUT2D eigenvalue weighted by molar-refractivity contribution is 7.80. The summed E-state index contributed by atoms with van der Waals surface area (Å²) in [5, 5.41) is 4.00. The summed E-state index contributed by atoms with van der Waals surface area (Å²) in [7, 11) is 0. The molecule has 0 amide bonds. The molecular formula is C13H12ClN3S. The highest BCUT2D eigenvalue weighted by Crippen LogP contribution is 2.17. The van der Waals surface area contributed by atoms with Crippen LogP contribution in [0.2, 0.25) is 5.02 Å². The van der Waals surface area contributed by atoms with Crippen LogP contribution in [0.5, 0.6) is 0 Å². The first-order chi connectivity index (χ1) is 8.66. The van der Waals surface area contributed by atoms with E-state index >= 15 is 0 Å². The van der Waals surface area contributed by atoms with Crippen LogP contribution in [0.25, 0.3) is 0 Å². The van der Waals surface area contributed by atoms with Crippen LogP contribution in [-0.4, -0.2) is 9.97 Å². The average Bonchev–Trinajstić information content (AvgIpc) is 2.38. The molecule has 0 saturated carbocycles. The Morgan fingerprint density at radius 1 is 1.33 bits per heavy atom. The van der Waals surface area contributed by atoms with Gasteiger partial charge in [0.2, 0.25) is 0 Å². The number of pyridine rings is 1. The molecule has 5 heteroatoms. The standard InChI is InChI=1S/C13H12ClN3S/c14-11-4-2-1-3-9(11)8-17-10-5-6-16-12(7-10)13(15)18/h1-7H,8H2,(H2,15,18)(H,16,17). The van der Waals surface area contributed by atoms with Crippen LogP contribution in [0.3, 0.4) is 0 Å². The molecule has 1 heterocycles. The Kier molecular flexibility index (Phi) is 4.12. The van der Waals surface area contributed by atoms with Crippen LogP contribution in [0.15, 0.2) is 42.6 Å². The second kappa shape index (κ2) is 5.80. The first kappa shape index (κ1) is 12.8. The predicted octanol–water partition coefficient (Wildman–Crippen LogP) is 2.98. The average molecular weight is 278 g/mol. The zero-order chi connectivity index (χ0) is 13.0. The molecule has 0 aliphatic rings. The van der Waals surface area contributed by atoms with Crippen LogP contribution in [0, 0.1) is 0 Å². The van der Waals surface area contributed by atoms with E-state index in [1.54, 1.807) is 6.20 Å². The van der Waals surface area contributed by atoms with E-state index in [0.717, 1.165) is 16.3 Å². The number of benzene rings is 1. The van der Waals surface area contributed by atoms with Crippen LogP contribution < -0.4 is 11.1 Å². The maximum atomic E-state index is 6.08. The van der Waals surface area contributed by atoms with E-state index in [1.165, 1.54) is 0 Å². The number of halogens is 1. The first-order valence-electron chi connectivity index (χ1n) is 5.40. The van der Waals surface area contributed by atoms with Gasteiger partial charge in [-0.1, -0.05) is 42.0 Å². The van der Waals surface area contributed by atoms with E-state index in [1.807, 2.05) is 36.4 Å². The zero-order valence-electron chi connectivity index (χ0n) is 9.56. The van der Waals surface area contributed by atoms with Crippen LogP contribution in [0.1, 0.15) is 11.3 Å². The Balaban J connectivity index is 2.09. The quantitative estimate of drug-likeness (QED) is 0.844. The van der Waals surface area contributed by atoms with Crippen molar-refractivity contribution < 1.29 is 0 Å². The molecule has 0 radical (unpaired) electrons. The Bertz CT molecular complexity index is 572. The number of hydrogen-bond donors (Lipinski definition) is 2. The minimum Gasteiger partial charge on any atom is -0.388 e. The molecule has 2 rings (SSSR count). The smallest absolute Gasteiger partial charge is 0.122 e. The molecule has 92 valence electrons. The minimum atomic E-state index is 0.288. The fourth-order valence-electron chi connectivity index (χ4n) is 1.51. The summed E-state index contributed by atoms with van der Waals surface area (Å²) in [6.07, 6.45) is 1.67. The van der Waals surface area contributed by atoms with Crippen molar-refractivity contribution >= 4 is 34.5 Å². The Hall–Kier alpha value is -1.65. The van der Waals surface area contributed by atoms with Crippen molar-refractivity contribution in [1.29, 1.82) is 0 Å². The predicted molar refractivity (Wildman–Crippen MR) is 78.9 cm³/mol. The molecule has 3 N–H and O–H groups in total. The molecule has 0 atom stereocenters. The molecule has 0 aliphatic carbocycles. The summed E-state index contributed by atoms with van der Waals surface area (Å²) >= 11 is 11.0. The summed E-state index contributed by atoms with van der Waals surface area (Å²) in [4.78, 5) is 4.37. The number of aromatic nitrogens is 1. The molecule has 18 heavy (non-hydrogen) atoms. The fourth-order valence-corrected chi connectivity index (χ4v) is 1.83. The number of thiocarbonyl (C=S) groups is 1. The van der Waals surface area contributed by atoms with Crippen molar-refractivity contribution in [2.75, 3.05) is 5.32 Å². The van der Waals surface area contributed by atoms with Gasteiger partial charge in [0.1, 0.15) is 4.99 Å². The molecule has 2 aromatic rings. The van der Waals surface area contributed by atoms with Gasteiger partial charge >= 0.3 is 0 Å². The Morgan fingerprint density at radius 3 is 2.83 bits per heavy atom. The van der Waals surface area contributed by atoms with E-state index in [0.29, 0.717) is 12.2 Å². The van der Waals surface area contributed by atoms with E-state index in [2.05, 4.69) is 10.3 Å². The molecule has 1 aromatic heterocycles.